The molecule has 83 heavy (non-hydrogen) atoms. The first kappa shape index (κ1) is 79.8. The molecule has 0 saturated carbocycles. The van der Waals surface area contributed by atoms with E-state index in [1.807, 2.05) is 0 Å². The number of allylic oxidation sites excluding steroid dienone is 12. The highest BCUT2D eigenvalue weighted by molar-refractivity contribution is 5.71. The molecule has 1 atom stereocenters. The number of hydrogen-bond donors (Lipinski definition) is 0. The van der Waals surface area contributed by atoms with Crippen LogP contribution in [0.15, 0.2) is 72.9 Å². The Morgan fingerprint density at radius 1 is 0.253 bits per heavy atom. The Balaban J connectivity index is 4.11. The topological polar surface area (TPSA) is 78.9 Å². The number of rotatable bonds is 67. The van der Waals surface area contributed by atoms with Crippen molar-refractivity contribution < 1.29 is 28.6 Å². The highest BCUT2D eigenvalue weighted by atomic mass is 16.6. The summed E-state index contributed by atoms with van der Waals surface area (Å²) in [5, 5.41) is 0. The van der Waals surface area contributed by atoms with Gasteiger partial charge in [0.05, 0.1) is 0 Å². The monoisotopic (exact) mass is 1160 g/mol. The fourth-order valence-electron chi connectivity index (χ4n) is 10.8. The molecule has 482 valence electrons. The van der Waals surface area contributed by atoms with Crippen molar-refractivity contribution in [3.8, 4) is 0 Å². The van der Waals surface area contributed by atoms with E-state index >= 15 is 0 Å². The molecule has 0 spiro atoms. The van der Waals surface area contributed by atoms with E-state index in [0.29, 0.717) is 19.3 Å². The summed E-state index contributed by atoms with van der Waals surface area (Å²) in [6.45, 7) is 6.55. The number of carbonyl (C=O) groups excluding carboxylic acids is 3. The van der Waals surface area contributed by atoms with E-state index in [4.69, 9.17) is 14.2 Å². The lowest BCUT2D eigenvalue weighted by Gasteiger charge is -2.18. The van der Waals surface area contributed by atoms with Crippen molar-refractivity contribution in [1.29, 1.82) is 0 Å². The molecule has 0 radical (unpaired) electrons. The zero-order valence-corrected chi connectivity index (χ0v) is 55.5. The molecule has 0 aromatic carbocycles. The third kappa shape index (κ3) is 69.5. The molecule has 0 aromatic heterocycles. The van der Waals surface area contributed by atoms with Gasteiger partial charge in [-0.1, -0.05) is 344 Å². The van der Waals surface area contributed by atoms with Crippen LogP contribution < -0.4 is 0 Å². The van der Waals surface area contributed by atoms with E-state index in [1.165, 1.54) is 238 Å². The average Bonchev–Trinajstić information content (AvgIpc) is 3.49. The van der Waals surface area contributed by atoms with Crippen LogP contribution in [0, 0.1) is 0 Å². The van der Waals surface area contributed by atoms with Crippen molar-refractivity contribution in [1.82, 2.24) is 0 Å². The van der Waals surface area contributed by atoms with Crippen LogP contribution in [-0.4, -0.2) is 37.2 Å². The summed E-state index contributed by atoms with van der Waals surface area (Å²) < 4.78 is 16.9. The maximum absolute atomic E-state index is 12.9. The second kappa shape index (κ2) is 71.3. The van der Waals surface area contributed by atoms with Crippen molar-refractivity contribution in [2.45, 2.75) is 386 Å². The molecule has 0 amide bonds. The molecule has 0 aliphatic heterocycles. The second-order valence-corrected chi connectivity index (χ2v) is 24.5. The summed E-state index contributed by atoms with van der Waals surface area (Å²) in [5.41, 5.74) is 0. The Labute approximate surface area is 516 Å². The standard InChI is InChI=1S/C77H138O6/c1-4-7-10-13-16-19-22-25-27-29-30-31-32-33-34-35-36-37-38-39-40-41-42-43-44-45-46-48-49-52-55-58-61-64-67-70-76(79)82-73-74(72-81-75(78)69-66-63-60-57-54-51-24-21-18-15-12-9-6-3)83-77(80)71-68-65-62-59-56-53-50-47-28-26-23-20-17-14-11-8-5-2/h8,11,17,20,22,25-26,28-30,50,53,74H,4-7,9-10,12-16,18-19,21,23-24,27,31-49,51-52,54-73H2,1-3H3/b11-8-,20-17-,25-22-,28-26-,30-29-,53-50-. The van der Waals surface area contributed by atoms with Gasteiger partial charge in [-0.3, -0.25) is 14.4 Å². The van der Waals surface area contributed by atoms with Gasteiger partial charge in [0.15, 0.2) is 6.10 Å². The van der Waals surface area contributed by atoms with Crippen LogP contribution >= 0.6 is 0 Å². The Hall–Kier alpha value is -3.15. The Kier molecular flexibility index (Phi) is 68.6. The summed E-state index contributed by atoms with van der Waals surface area (Å²) in [6, 6.07) is 0. The number of carbonyl (C=O) groups is 3. The molecule has 0 aliphatic carbocycles. The molecule has 0 bridgehead atoms. The molecule has 0 aliphatic rings. The lowest BCUT2D eigenvalue weighted by molar-refractivity contribution is -0.167. The molecule has 0 N–H and O–H groups in total. The Morgan fingerprint density at radius 3 is 0.735 bits per heavy atom. The minimum Gasteiger partial charge on any atom is -0.462 e. The molecule has 0 fully saturated rings. The van der Waals surface area contributed by atoms with Crippen molar-refractivity contribution in [3.63, 3.8) is 0 Å². The van der Waals surface area contributed by atoms with E-state index < -0.39 is 6.10 Å². The largest absolute Gasteiger partial charge is 0.462 e. The second-order valence-electron chi connectivity index (χ2n) is 24.5. The average molecular weight is 1160 g/mol. The molecule has 0 heterocycles. The Morgan fingerprint density at radius 2 is 0.470 bits per heavy atom. The summed E-state index contributed by atoms with van der Waals surface area (Å²) in [6.07, 6.45) is 93.8. The van der Waals surface area contributed by atoms with E-state index in [2.05, 4.69) is 93.7 Å². The highest BCUT2D eigenvalue weighted by Gasteiger charge is 2.19. The van der Waals surface area contributed by atoms with Gasteiger partial charge in [0, 0.05) is 19.3 Å². The lowest BCUT2D eigenvalue weighted by atomic mass is 10.0. The van der Waals surface area contributed by atoms with E-state index in [9.17, 15) is 14.4 Å². The van der Waals surface area contributed by atoms with Crippen LogP contribution in [0.5, 0.6) is 0 Å². The van der Waals surface area contributed by atoms with Crippen LogP contribution in [0.1, 0.15) is 380 Å². The molecular formula is C77H138O6. The number of unbranched alkanes of at least 4 members (excludes halogenated alkanes) is 44. The van der Waals surface area contributed by atoms with Gasteiger partial charge in [0.25, 0.3) is 0 Å². The molecule has 0 aromatic rings. The molecule has 6 heteroatoms. The molecule has 6 nitrogen and oxygen atoms in total. The molecular weight excluding hydrogens is 1020 g/mol. The first-order chi connectivity index (χ1) is 41.0. The van der Waals surface area contributed by atoms with Crippen molar-refractivity contribution >= 4 is 17.9 Å². The summed E-state index contributed by atoms with van der Waals surface area (Å²) in [4.78, 5) is 38.4. The lowest BCUT2D eigenvalue weighted by Crippen LogP contribution is -2.30. The zero-order valence-electron chi connectivity index (χ0n) is 55.5. The van der Waals surface area contributed by atoms with Crippen LogP contribution in [0.3, 0.4) is 0 Å². The number of hydrogen-bond acceptors (Lipinski definition) is 6. The molecule has 0 rings (SSSR count). The predicted molar refractivity (Wildman–Crippen MR) is 362 cm³/mol. The third-order valence-corrected chi connectivity index (χ3v) is 16.2. The smallest absolute Gasteiger partial charge is 0.306 e. The maximum Gasteiger partial charge on any atom is 0.306 e. The first-order valence-electron chi connectivity index (χ1n) is 36.4. The normalized spacial score (nSPS) is 12.5. The van der Waals surface area contributed by atoms with Gasteiger partial charge >= 0.3 is 17.9 Å². The van der Waals surface area contributed by atoms with Crippen LogP contribution in [0.4, 0.5) is 0 Å². The van der Waals surface area contributed by atoms with Gasteiger partial charge in [-0.2, -0.15) is 0 Å². The third-order valence-electron chi connectivity index (χ3n) is 16.2. The van der Waals surface area contributed by atoms with Crippen LogP contribution in [0.2, 0.25) is 0 Å². The first-order valence-corrected chi connectivity index (χ1v) is 36.4. The van der Waals surface area contributed by atoms with Crippen molar-refractivity contribution in [2.24, 2.45) is 0 Å². The number of ether oxygens (including phenoxy) is 3. The van der Waals surface area contributed by atoms with Crippen LogP contribution in [0.25, 0.3) is 0 Å². The number of esters is 3. The van der Waals surface area contributed by atoms with E-state index in [1.54, 1.807) is 0 Å². The van der Waals surface area contributed by atoms with E-state index in [-0.39, 0.29) is 31.1 Å². The molecule has 0 saturated heterocycles. The van der Waals surface area contributed by atoms with E-state index in [0.717, 1.165) is 103 Å². The molecule has 1 unspecified atom stereocenters. The fraction of sp³-hybridized carbons (Fsp3) is 0.805. The van der Waals surface area contributed by atoms with Gasteiger partial charge < -0.3 is 14.2 Å². The summed E-state index contributed by atoms with van der Waals surface area (Å²) >= 11 is 0. The van der Waals surface area contributed by atoms with Gasteiger partial charge in [0.2, 0.25) is 0 Å². The maximum atomic E-state index is 12.9. The summed E-state index contributed by atoms with van der Waals surface area (Å²) in [5.74, 6) is -0.882. The minimum atomic E-state index is -0.786. The predicted octanol–water partition coefficient (Wildman–Crippen LogP) is 25.2. The minimum absolute atomic E-state index is 0.0803. The fourth-order valence-corrected chi connectivity index (χ4v) is 10.8. The van der Waals surface area contributed by atoms with Gasteiger partial charge in [-0.05, 0) is 89.9 Å². The van der Waals surface area contributed by atoms with Crippen molar-refractivity contribution in [3.05, 3.63) is 72.9 Å². The SMILES string of the molecule is CC/C=C\C/C=C\C/C=C\C/C=C\CCCCCCC(=O)OC(COC(=O)CCCCCCCCCCCCCCC)COC(=O)CCCCCCCCCCCCCCCCCCCCCCCCC/C=C\C/C=C\CCCCCCC. The van der Waals surface area contributed by atoms with Gasteiger partial charge in [-0.25, -0.2) is 0 Å². The zero-order chi connectivity index (χ0) is 59.9. The Bertz CT molecular complexity index is 1520. The van der Waals surface area contributed by atoms with Gasteiger partial charge in [0.1, 0.15) is 13.2 Å². The van der Waals surface area contributed by atoms with Crippen LogP contribution in [-0.2, 0) is 28.6 Å². The quantitative estimate of drug-likeness (QED) is 0.0261. The highest BCUT2D eigenvalue weighted by Crippen LogP contribution is 2.18. The summed E-state index contributed by atoms with van der Waals surface area (Å²) in [7, 11) is 0. The van der Waals surface area contributed by atoms with Crippen molar-refractivity contribution in [2.75, 3.05) is 13.2 Å². The van der Waals surface area contributed by atoms with Gasteiger partial charge in [-0.15, -0.1) is 0 Å².